The summed E-state index contributed by atoms with van der Waals surface area (Å²) in [5.41, 5.74) is -0.300. The molecular formula is C28H20O8S2. The lowest BCUT2D eigenvalue weighted by molar-refractivity contribution is 0.237. The Bertz CT molecular complexity index is 2360. The maximum absolute atomic E-state index is 13.2. The number of benzene rings is 5. The molecule has 0 aliphatic heterocycles. The Morgan fingerprint density at radius 1 is 0.763 bits per heavy atom. The Balaban J connectivity index is 1.83. The van der Waals surface area contributed by atoms with Crippen molar-refractivity contribution < 1.29 is 25.2 Å². The summed E-state index contributed by atoms with van der Waals surface area (Å²) in [4.78, 5) is 26.3. The van der Waals surface area contributed by atoms with Crippen LogP contribution in [0.15, 0.2) is 46.0 Å². The topological polar surface area (TPSA) is 121 Å². The molecule has 5 aromatic rings. The summed E-state index contributed by atoms with van der Waals surface area (Å²) in [7, 11) is -8.12. The van der Waals surface area contributed by atoms with E-state index in [0.717, 1.165) is 10.6 Å². The van der Waals surface area contributed by atoms with Crippen LogP contribution in [-0.4, -0.2) is 28.3 Å². The zero-order valence-corrected chi connectivity index (χ0v) is 22.0. The van der Waals surface area contributed by atoms with Gasteiger partial charge in [-0.2, -0.15) is 16.8 Å². The van der Waals surface area contributed by atoms with Gasteiger partial charge in [0, 0.05) is 26.9 Å². The number of hydrogen-bond acceptors (Lipinski definition) is 8. The first-order chi connectivity index (χ1) is 18.1. The predicted molar refractivity (Wildman–Crippen MR) is 146 cm³/mol. The summed E-state index contributed by atoms with van der Waals surface area (Å²) in [6, 6.07) is 10.4. The van der Waals surface area contributed by atoms with E-state index in [-0.39, 0.29) is 17.3 Å². The quantitative estimate of drug-likeness (QED) is 0.137. The van der Waals surface area contributed by atoms with Gasteiger partial charge in [-0.05, 0) is 64.0 Å². The summed E-state index contributed by atoms with van der Waals surface area (Å²) in [6.07, 6.45) is 0.820. The summed E-state index contributed by atoms with van der Waals surface area (Å²) >= 11 is 0. The average molecular weight is 549 g/mol. The first kappa shape index (κ1) is 23.5. The smallest absolute Gasteiger partial charge is 0.308 e. The van der Waals surface area contributed by atoms with Crippen LogP contribution in [0.5, 0.6) is 0 Å². The van der Waals surface area contributed by atoms with Gasteiger partial charge in [-0.1, -0.05) is 36.4 Å². The summed E-state index contributed by atoms with van der Waals surface area (Å²) in [5, 5.41) is 6.37. The molecule has 0 spiro atoms. The standard InChI is InChI=1S/C28H20O8S2/c1-3-37(31,32)35-27-17-11-7-13-5-9-15-21-19(13)23(17)24-18(28(27)36-38(33,34)4-2)12-8-14-6-10-16(22(21)20(14)24)26(30)25(15)29/h5-9,11-12,27H,3-4,10H2,1-2H3. The van der Waals surface area contributed by atoms with Gasteiger partial charge in [-0.25, -0.2) is 0 Å². The van der Waals surface area contributed by atoms with Crippen molar-refractivity contribution in [3.63, 3.8) is 0 Å². The minimum absolute atomic E-state index is 0.140. The van der Waals surface area contributed by atoms with E-state index in [4.69, 9.17) is 8.37 Å². The molecule has 2 aliphatic rings. The highest BCUT2D eigenvalue weighted by Gasteiger charge is 2.36. The first-order valence-electron chi connectivity index (χ1n) is 12.2. The average Bonchev–Trinajstić information content (AvgIpc) is 2.91. The van der Waals surface area contributed by atoms with Crippen LogP contribution >= 0.6 is 0 Å². The molecule has 1 atom stereocenters. The summed E-state index contributed by atoms with van der Waals surface area (Å²) in [5.74, 6) is -0.796. The van der Waals surface area contributed by atoms with E-state index in [2.05, 4.69) is 0 Å². The zero-order valence-electron chi connectivity index (χ0n) is 20.3. The van der Waals surface area contributed by atoms with Crippen LogP contribution in [0.25, 0.3) is 54.9 Å². The van der Waals surface area contributed by atoms with Gasteiger partial charge in [0.05, 0.1) is 11.5 Å². The third-order valence-corrected chi connectivity index (χ3v) is 10.0. The fourth-order valence-corrected chi connectivity index (χ4v) is 7.17. The highest BCUT2D eigenvalue weighted by atomic mass is 32.2. The van der Waals surface area contributed by atoms with Crippen LogP contribution < -0.4 is 21.3 Å². The molecule has 5 aromatic carbocycles. The van der Waals surface area contributed by atoms with Crippen molar-refractivity contribution >= 4 is 75.2 Å². The van der Waals surface area contributed by atoms with E-state index in [1.807, 2.05) is 6.08 Å². The summed E-state index contributed by atoms with van der Waals surface area (Å²) < 4.78 is 62.1. The predicted octanol–water partition coefficient (Wildman–Crippen LogP) is 2.13. The normalized spacial score (nSPS) is 16.9. The van der Waals surface area contributed by atoms with Crippen molar-refractivity contribution in [1.29, 1.82) is 0 Å². The second-order valence-electron chi connectivity index (χ2n) is 9.60. The lowest BCUT2D eigenvalue weighted by Gasteiger charge is -2.29. The molecule has 0 aromatic heterocycles. The first-order valence-corrected chi connectivity index (χ1v) is 15.4. The van der Waals surface area contributed by atoms with Crippen molar-refractivity contribution in [2.24, 2.45) is 0 Å². The van der Waals surface area contributed by atoms with Gasteiger partial charge in [-0.3, -0.25) is 13.8 Å². The maximum Gasteiger partial charge on any atom is 0.308 e. The fourth-order valence-electron chi connectivity index (χ4n) is 5.98. The van der Waals surface area contributed by atoms with Gasteiger partial charge >= 0.3 is 10.1 Å². The van der Waals surface area contributed by atoms with Gasteiger partial charge < -0.3 is 4.18 Å². The van der Waals surface area contributed by atoms with Gasteiger partial charge in [0.2, 0.25) is 10.9 Å². The second kappa shape index (κ2) is 7.49. The van der Waals surface area contributed by atoms with Crippen molar-refractivity contribution in [3.8, 4) is 0 Å². The van der Waals surface area contributed by atoms with E-state index in [9.17, 15) is 26.4 Å². The van der Waals surface area contributed by atoms with E-state index in [1.165, 1.54) is 13.8 Å². The highest BCUT2D eigenvalue weighted by Crippen LogP contribution is 2.46. The molecule has 0 bridgehead atoms. The third kappa shape index (κ3) is 2.93. The van der Waals surface area contributed by atoms with Gasteiger partial charge in [0.15, 0.2) is 11.9 Å². The van der Waals surface area contributed by atoms with Crippen LogP contribution in [0.3, 0.4) is 0 Å². The molecule has 7 rings (SSSR count). The van der Waals surface area contributed by atoms with E-state index in [0.29, 0.717) is 60.5 Å². The van der Waals surface area contributed by atoms with Gasteiger partial charge in [0.1, 0.15) is 0 Å². The van der Waals surface area contributed by atoms with E-state index < -0.39 is 37.2 Å². The van der Waals surface area contributed by atoms with Crippen LogP contribution in [0, 0.1) is 0 Å². The van der Waals surface area contributed by atoms with Crippen LogP contribution in [0.1, 0.15) is 31.1 Å². The van der Waals surface area contributed by atoms with Gasteiger partial charge in [0.25, 0.3) is 10.1 Å². The molecule has 0 fully saturated rings. The van der Waals surface area contributed by atoms with Gasteiger partial charge in [-0.15, -0.1) is 0 Å². The molecular weight excluding hydrogens is 528 g/mol. The Labute approximate surface area is 216 Å². The monoisotopic (exact) mass is 548 g/mol. The fraction of sp³-hybridized carbons (Fsp3) is 0.214. The van der Waals surface area contributed by atoms with E-state index in [1.54, 1.807) is 36.4 Å². The maximum atomic E-state index is 13.2. The molecule has 0 radical (unpaired) electrons. The lowest BCUT2D eigenvalue weighted by atomic mass is 9.79. The second-order valence-corrected chi connectivity index (χ2v) is 13.3. The molecule has 0 saturated carbocycles. The Morgan fingerprint density at radius 2 is 1.50 bits per heavy atom. The highest BCUT2D eigenvalue weighted by molar-refractivity contribution is 7.87. The van der Waals surface area contributed by atoms with Crippen molar-refractivity contribution in [2.45, 2.75) is 26.4 Å². The largest absolute Gasteiger partial charge is 0.383 e. The minimum Gasteiger partial charge on any atom is -0.383 e. The number of rotatable bonds is 6. The Kier molecular flexibility index (Phi) is 4.64. The molecule has 1 unspecified atom stereocenters. The van der Waals surface area contributed by atoms with Crippen molar-refractivity contribution in [1.82, 2.24) is 0 Å². The molecule has 38 heavy (non-hydrogen) atoms. The summed E-state index contributed by atoms with van der Waals surface area (Å²) in [6.45, 7) is 2.86. The molecule has 0 heterocycles. The molecule has 2 aliphatic carbocycles. The van der Waals surface area contributed by atoms with Crippen LogP contribution in [0.4, 0.5) is 0 Å². The minimum atomic E-state index is -4.07. The van der Waals surface area contributed by atoms with Crippen LogP contribution in [0.2, 0.25) is 0 Å². The molecule has 10 heteroatoms. The van der Waals surface area contributed by atoms with E-state index >= 15 is 0 Å². The molecule has 8 nitrogen and oxygen atoms in total. The Morgan fingerprint density at radius 3 is 2.24 bits per heavy atom. The third-order valence-electron chi connectivity index (χ3n) is 7.71. The molecule has 0 N–H and O–H groups in total. The number of hydrogen-bond donors (Lipinski definition) is 0. The SMILES string of the molecule is CCS(=O)(=O)OC1=c2ccc3c4c5c(c(=O)c(=O)c6ccc7ccc(c(c24)c7c65)C1OS(=O)(=O)CC)CC=3. The van der Waals surface area contributed by atoms with Crippen LogP contribution in [-0.2, 0) is 35.0 Å². The molecule has 0 saturated heterocycles. The van der Waals surface area contributed by atoms with Crippen molar-refractivity contribution in [2.75, 3.05) is 11.5 Å². The zero-order chi connectivity index (χ0) is 26.7. The Hall–Kier alpha value is -3.60. The molecule has 0 amide bonds. The van der Waals surface area contributed by atoms with Crippen molar-refractivity contribution in [3.05, 3.63) is 78.4 Å². The molecule has 192 valence electrons. The lowest BCUT2D eigenvalue weighted by Crippen LogP contribution is -2.32.